The molecule has 0 aromatic heterocycles. The van der Waals surface area contributed by atoms with Crippen LogP contribution in [-0.4, -0.2) is 54.3 Å². The van der Waals surface area contributed by atoms with Crippen LogP contribution in [0.4, 0.5) is 0 Å². The van der Waals surface area contributed by atoms with Crippen molar-refractivity contribution in [2.24, 2.45) is 0 Å². The molecule has 3 saturated heterocycles. The van der Waals surface area contributed by atoms with E-state index in [-0.39, 0.29) is 11.8 Å². The fraction of sp³-hybridized carbons (Fsp3) is 0.833. The van der Waals surface area contributed by atoms with Crippen LogP contribution in [0, 0.1) is 0 Å². The number of esters is 1. The molecule has 3 aliphatic rings. The third kappa shape index (κ3) is 2.48. The van der Waals surface area contributed by atoms with Crippen molar-refractivity contribution in [3.63, 3.8) is 0 Å². The quantitative estimate of drug-likeness (QED) is 0.539. The minimum Gasteiger partial charge on any atom is -0.457 e. The SMILES string of the molecule is CC(=O)O[C@@H]1[C@H]2OC(C)(C)O[C@H]2O[C@@H]1[C@H]1COC(=S)O1. The topological polar surface area (TPSA) is 72.5 Å². The highest BCUT2D eigenvalue weighted by Crippen LogP contribution is 2.40. The Hall–Kier alpha value is -0.960. The van der Waals surface area contributed by atoms with Crippen LogP contribution in [0.1, 0.15) is 20.8 Å². The van der Waals surface area contributed by atoms with Gasteiger partial charge < -0.3 is 28.4 Å². The fourth-order valence-electron chi connectivity index (χ4n) is 2.63. The Morgan fingerprint density at radius 3 is 2.70 bits per heavy atom. The second-order valence-electron chi connectivity index (χ2n) is 5.36. The molecule has 0 aromatic carbocycles. The zero-order valence-corrected chi connectivity index (χ0v) is 12.2. The lowest BCUT2D eigenvalue weighted by Crippen LogP contribution is -2.44. The van der Waals surface area contributed by atoms with Gasteiger partial charge in [-0.15, -0.1) is 0 Å². The Morgan fingerprint density at radius 2 is 2.10 bits per heavy atom. The average molecular weight is 304 g/mol. The van der Waals surface area contributed by atoms with Crippen molar-refractivity contribution in [3.05, 3.63) is 0 Å². The predicted octanol–water partition coefficient (Wildman–Crippen LogP) is 0.495. The summed E-state index contributed by atoms with van der Waals surface area (Å²) in [5, 5.41) is 0.0689. The molecule has 20 heavy (non-hydrogen) atoms. The molecule has 3 heterocycles. The summed E-state index contributed by atoms with van der Waals surface area (Å²) in [6.45, 7) is 5.14. The average Bonchev–Trinajstić information content (AvgIpc) is 2.93. The molecule has 0 aliphatic carbocycles. The van der Waals surface area contributed by atoms with Crippen LogP contribution in [0.3, 0.4) is 0 Å². The Kier molecular flexibility index (Phi) is 3.36. The van der Waals surface area contributed by atoms with Gasteiger partial charge in [0.05, 0.1) is 0 Å². The molecule has 8 heteroatoms. The normalized spacial score (nSPS) is 42.0. The van der Waals surface area contributed by atoms with Gasteiger partial charge in [-0.05, 0) is 13.8 Å². The number of carbonyl (C=O) groups excluding carboxylic acids is 1. The van der Waals surface area contributed by atoms with E-state index in [9.17, 15) is 4.79 Å². The summed E-state index contributed by atoms with van der Waals surface area (Å²) in [6.07, 6.45) is -2.68. The summed E-state index contributed by atoms with van der Waals surface area (Å²) in [5.74, 6) is -1.19. The third-order valence-electron chi connectivity index (χ3n) is 3.31. The Balaban J connectivity index is 1.78. The van der Waals surface area contributed by atoms with Crippen molar-refractivity contribution in [1.29, 1.82) is 0 Å². The summed E-state index contributed by atoms with van der Waals surface area (Å²) >= 11 is 4.83. The summed E-state index contributed by atoms with van der Waals surface area (Å²) in [6, 6.07) is 0. The van der Waals surface area contributed by atoms with Gasteiger partial charge in [0.1, 0.15) is 12.7 Å². The highest BCUT2D eigenvalue weighted by molar-refractivity contribution is 7.79. The second kappa shape index (κ2) is 4.80. The molecule has 0 aromatic rings. The Bertz CT molecular complexity index is 438. The number of fused-ring (bicyclic) bond motifs is 1. The summed E-state index contributed by atoms with van der Waals surface area (Å²) in [4.78, 5) is 11.3. The molecule has 3 fully saturated rings. The zero-order valence-electron chi connectivity index (χ0n) is 11.4. The highest BCUT2D eigenvalue weighted by Gasteiger charge is 2.59. The van der Waals surface area contributed by atoms with Crippen molar-refractivity contribution in [1.82, 2.24) is 0 Å². The van der Waals surface area contributed by atoms with Crippen LogP contribution in [0.5, 0.6) is 0 Å². The number of hydrogen-bond donors (Lipinski definition) is 0. The van der Waals surface area contributed by atoms with E-state index < -0.39 is 42.5 Å². The van der Waals surface area contributed by atoms with Crippen molar-refractivity contribution < 1.29 is 33.2 Å². The van der Waals surface area contributed by atoms with E-state index >= 15 is 0 Å². The van der Waals surface area contributed by atoms with Crippen LogP contribution >= 0.6 is 12.2 Å². The monoisotopic (exact) mass is 304 g/mol. The van der Waals surface area contributed by atoms with Crippen LogP contribution in [-0.2, 0) is 33.2 Å². The van der Waals surface area contributed by atoms with Crippen molar-refractivity contribution in [2.45, 2.75) is 57.3 Å². The highest BCUT2D eigenvalue weighted by atomic mass is 32.1. The molecule has 0 amide bonds. The molecule has 3 rings (SSSR count). The molecule has 0 radical (unpaired) electrons. The lowest BCUT2D eigenvalue weighted by atomic mass is 10.1. The maximum Gasteiger partial charge on any atom is 0.352 e. The first-order chi connectivity index (χ1) is 9.35. The van der Waals surface area contributed by atoms with Crippen molar-refractivity contribution in [3.8, 4) is 0 Å². The number of hydrogen-bond acceptors (Lipinski definition) is 8. The molecule has 5 atom stereocenters. The van der Waals surface area contributed by atoms with Gasteiger partial charge in [-0.2, -0.15) is 0 Å². The van der Waals surface area contributed by atoms with Gasteiger partial charge in [-0.1, -0.05) is 0 Å². The van der Waals surface area contributed by atoms with E-state index in [1.165, 1.54) is 6.92 Å². The molecule has 112 valence electrons. The third-order valence-corrected chi connectivity index (χ3v) is 3.52. The van der Waals surface area contributed by atoms with Gasteiger partial charge in [0, 0.05) is 19.1 Å². The van der Waals surface area contributed by atoms with Crippen LogP contribution < -0.4 is 0 Å². The van der Waals surface area contributed by atoms with Gasteiger partial charge in [-0.3, -0.25) is 4.79 Å². The predicted molar refractivity (Wildman–Crippen MR) is 67.7 cm³/mol. The van der Waals surface area contributed by atoms with Gasteiger partial charge in [0.25, 0.3) is 0 Å². The first-order valence-electron chi connectivity index (χ1n) is 6.37. The molecule has 0 bridgehead atoms. The zero-order chi connectivity index (χ0) is 14.5. The Morgan fingerprint density at radius 1 is 1.35 bits per heavy atom. The molecule has 0 spiro atoms. The van der Waals surface area contributed by atoms with Crippen LogP contribution in [0.25, 0.3) is 0 Å². The van der Waals surface area contributed by atoms with Gasteiger partial charge in [-0.25, -0.2) is 0 Å². The summed E-state index contributed by atoms with van der Waals surface area (Å²) < 4.78 is 33.0. The van der Waals surface area contributed by atoms with Crippen molar-refractivity contribution >= 4 is 23.4 Å². The lowest BCUT2D eigenvalue weighted by Gasteiger charge is -2.27. The van der Waals surface area contributed by atoms with Crippen LogP contribution in [0.15, 0.2) is 0 Å². The summed E-state index contributed by atoms with van der Waals surface area (Å²) in [7, 11) is 0. The number of carbonyl (C=O) groups is 1. The minimum absolute atomic E-state index is 0.0689. The molecule has 7 nitrogen and oxygen atoms in total. The van der Waals surface area contributed by atoms with E-state index in [1.807, 2.05) is 0 Å². The fourth-order valence-corrected chi connectivity index (χ4v) is 2.82. The molecular weight excluding hydrogens is 288 g/mol. The largest absolute Gasteiger partial charge is 0.457 e. The molecule has 3 aliphatic heterocycles. The van der Waals surface area contributed by atoms with Gasteiger partial charge in [0.15, 0.2) is 30.4 Å². The standard InChI is InChI=1S/C12H16O7S/c1-5(13)15-8-7(6-4-14-11(20)16-6)17-10-9(8)18-12(2,3)19-10/h6-10H,4H2,1-3H3/t6-,7-,8+,9-,10-/m1/s1. The van der Waals surface area contributed by atoms with E-state index in [2.05, 4.69) is 0 Å². The van der Waals surface area contributed by atoms with Crippen molar-refractivity contribution in [2.75, 3.05) is 6.61 Å². The number of rotatable bonds is 2. The Labute approximate surface area is 121 Å². The van der Waals surface area contributed by atoms with E-state index in [0.717, 1.165) is 0 Å². The smallest absolute Gasteiger partial charge is 0.352 e. The maximum atomic E-state index is 11.3. The molecule has 0 unspecified atom stereocenters. The number of thiocarbonyl (C=S) groups is 1. The van der Waals surface area contributed by atoms with Gasteiger partial charge in [0.2, 0.25) is 0 Å². The summed E-state index contributed by atoms with van der Waals surface area (Å²) in [5.41, 5.74) is 0. The van der Waals surface area contributed by atoms with Crippen LogP contribution in [0.2, 0.25) is 0 Å². The lowest BCUT2D eigenvalue weighted by molar-refractivity contribution is -0.226. The van der Waals surface area contributed by atoms with E-state index in [4.69, 9.17) is 40.6 Å². The van der Waals surface area contributed by atoms with E-state index in [1.54, 1.807) is 13.8 Å². The molecular formula is C12H16O7S. The number of ether oxygens (including phenoxy) is 6. The second-order valence-corrected chi connectivity index (χ2v) is 5.69. The van der Waals surface area contributed by atoms with E-state index in [0.29, 0.717) is 0 Å². The molecule has 0 saturated carbocycles. The molecule has 0 N–H and O–H groups in total. The first kappa shape index (κ1) is 14.0. The first-order valence-corrected chi connectivity index (χ1v) is 6.78. The van der Waals surface area contributed by atoms with Gasteiger partial charge >= 0.3 is 11.2 Å². The minimum atomic E-state index is -0.777. The maximum absolute atomic E-state index is 11.3.